The quantitative estimate of drug-likeness (QED) is 0.773. The lowest BCUT2D eigenvalue weighted by molar-refractivity contribution is -0.122. The van der Waals surface area contributed by atoms with Gasteiger partial charge in [-0.25, -0.2) is 0 Å². The van der Waals surface area contributed by atoms with Crippen LogP contribution in [0.4, 0.5) is 0 Å². The van der Waals surface area contributed by atoms with Crippen molar-refractivity contribution in [3.63, 3.8) is 0 Å². The van der Waals surface area contributed by atoms with Crippen molar-refractivity contribution in [2.45, 2.75) is 44.7 Å². The van der Waals surface area contributed by atoms with E-state index in [-0.39, 0.29) is 11.9 Å². The second-order valence-electron chi connectivity index (χ2n) is 7.41. The maximum Gasteiger partial charge on any atom is 0.220 e. The molecule has 2 atom stereocenters. The summed E-state index contributed by atoms with van der Waals surface area (Å²) in [6.45, 7) is 3.41. The molecule has 0 radical (unpaired) electrons. The molecular formula is C20H31N3O3. The fourth-order valence-electron chi connectivity index (χ4n) is 4.12. The summed E-state index contributed by atoms with van der Waals surface area (Å²) in [4.78, 5) is 14.5. The number of nitrogens with one attached hydrogen (secondary N) is 1. The topological polar surface area (TPSA) is 76.8 Å². The molecule has 3 N–H and O–H groups in total. The number of nitrogens with zero attached hydrogens (tertiary/aromatic N) is 1. The van der Waals surface area contributed by atoms with Crippen molar-refractivity contribution < 1.29 is 14.3 Å². The highest BCUT2D eigenvalue weighted by Gasteiger charge is 2.26. The summed E-state index contributed by atoms with van der Waals surface area (Å²) in [7, 11) is 3.33. The van der Waals surface area contributed by atoms with E-state index in [1.165, 1.54) is 11.1 Å². The SMILES string of the molecule is COc1cc2c(cc1OC)CN(CCNC(=O)C[C@@H]1CCC[C@H]1N)CC2. The Morgan fingerprint density at radius 1 is 1.23 bits per heavy atom. The number of carbonyl (C=O) groups is 1. The fraction of sp³-hybridized carbons (Fsp3) is 0.650. The zero-order valence-corrected chi connectivity index (χ0v) is 15.9. The third-order valence-electron chi connectivity index (χ3n) is 5.71. The van der Waals surface area contributed by atoms with Crippen molar-refractivity contribution >= 4 is 5.91 Å². The number of fused-ring (bicyclic) bond motifs is 1. The van der Waals surface area contributed by atoms with Gasteiger partial charge >= 0.3 is 0 Å². The van der Waals surface area contributed by atoms with Crippen LogP contribution < -0.4 is 20.5 Å². The van der Waals surface area contributed by atoms with Crippen LogP contribution in [-0.4, -0.2) is 50.7 Å². The lowest BCUT2D eigenvalue weighted by Crippen LogP contribution is -2.39. The van der Waals surface area contributed by atoms with E-state index in [2.05, 4.69) is 22.3 Å². The molecule has 0 saturated heterocycles. The molecule has 1 heterocycles. The Morgan fingerprint density at radius 3 is 2.62 bits per heavy atom. The van der Waals surface area contributed by atoms with E-state index in [9.17, 15) is 4.79 Å². The summed E-state index contributed by atoms with van der Waals surface area (Å²) in [5.41, 5.74) is 8.65. The number of hydrogen-bond donors (Lipinski definition) is 2. The van der Waals surface area contributed by atoms with Crippen LogP contribution in [0.25, 0.3) is 0 Å². The van der Waals surface area contributed by atoms with E-state index < -0.39 is 0 Å². The van der Waals surface area contributed by atoms with Gasteiger partial charge in [0, 0.05) is 38.6 Å². The number of rotatable bonds is 7. The molecule has 6 nitrogen and oxygen atoms in total. The third kappa shape index (κ3) is 4.48. The van der Waals surface area contributed by atoms with E-state index in [4.69, 9.17) is 15.2 Å². The molecule has 2 aliphatic rings. The largest absolute Gasteiger partial charge is 0.493 e. The van der Waals surface area contributed by atoms with Gasteiger partial charge in [-0.15, -0.1) is 0 Å². The molecule has 1 saturated carbocycles. The van der Waals surface area contributed by atoms with E-state index in [0.29, 0.717) is 18.9 Å². The fourth-order valence-corrected chi connectivity index (χ4v) is 4.12. The van der Waals surface area contributed by atoms with Crippen LogP contribution in [0.3, 0.4) is 0 Å². The Hall–Kier alpha value is -1.79. The van der Waals surface area contributed by atoms with Crippen LogP contribution in [0, 0.1) is 5.92 Å². The van der Waals surface area contributed by atoms with Crippen LogP contribution in [0.5, 0.6) is 11.5 Å². The highest BCUT2D eigenvalue weighted by atomic mass is 16.5. The van der Waals surface area contributed by atoms with Crippen LogP contribution in [0.2, 0.25) is 0 Å². The first kappa shape index (κ1) is 19.0. The molecule has 1 aromatic rings. The van der Waals surface area contributed by atoms with Crippen molar-refractivity contribution in [1.29, 1.82) is 0 Å². The van der Waals surface area contributed by atoms with Gasteiger partial charge in [0.15, 0.2) is 11.5 Å². The smallest absolute Gasteiger partial charge is 0.220 e. The predicted octanol–water partition coefficient (Wildman–Crippen LogP) is 1.70. The first-order valence-corrected chi connectivity index (χ1v) is 9.59. The highest BCUT2D eigenvalue weighted by molar-refractivity contribution is 5.76. The molecule has 0 spiro atoms. The van der Waals surface area contributed by atoms with Gasteiger partial charge in [-0.05, 0) is 48.4 Å². The molecule has 0 aromatic heterocycles. The van der Waals surface area contributed by atoms with Gasteiger partial charge in [-0.3, -0.25) is 9.69 Å². The third-order valence-corrected chi connectivity index (χ3v) is 5.71. The summed E-state index contributed by atoms with van der Waals surface area (Å²) < 4.78 is 10.8. The summed E-state index contributed by atoms with van der Waals surface area (Å²) in [6.07, 6.45) is 4.85. The summed E-state index contributed by atoms with van der Waals surface area (Å²) >= 11 is 0. The molecule has 6 heteroatoms. The van der Waals surface area contributed by atoms with Crippen molar-refractivity contribution in [3.8, 4) is 11.5 Å². The van der Waals surface area contributed by atoms with Gasteiger partial charge in [0.25, 0.3) is 0 Å². The lowest BCUT2D eigenvalue weighted by Gasteiger charge is -2.29. The number of hydrogen-bond acceptors (Lipinski definition) is 5. The maximum atomic E-state index is 12.1. The minimum atomic E-state index is 0.135. The molecule has 0 bridgehead atoms. The zero-order valence-electron chi connectivity index (χ0n) is 15.9. The van der Waals surface area contributed by atoms with Crippen molar-refractivity contribution in [3.05, 3.63) is 23.3 Å². The van der Waals surface area contributed by atoms with Crippen LogP contribution >= 0.6 is 0 Å². The highest BCUT2D eigenvalue weighted by Crippen LogP contribution is 2.33. The Kier molecular flexibility index (Phi) is 6.38. The average molecular weight is 361 g/mol. The molecule has 1 aliphatic carbocycles. The van der Waals surface area contributed by atoms with Gasteiger partial charge in [0.2, 0.25) is 5.91 Å². The average Bonchev–Trinajstić information content (AvgIpc) is 3.05. The molecule has 26 heavy (non-hydrogen) atoms. The maximum absolute atomic E-state index is 12.1. The van der Waals surface area contributed by atoms with Crippen LogP contribution in [0.1, 0.15) is 36.8 Å². The van der Waals surface area contributed by atoms with Gasteiger partial charge in [0.05, 0.1) is 14.2 Å². The lowest BCUT2D eigenvalue weighted by atomic mass is 9.98. The molecule has 1 fully saturated rings. The first-order chi connectivity index (χ1) is 12.6. The van der Waals surface area contributed by atoms with Crippen molar-refractivity contribution in [2.75, 3.05) is 33.9 Å². The van der Waals surface area contributed by atoms with Crippen LogP contribution in [0.15, 0.2) is 12.1 Å². The van der Waals surface area contributed by atoms with E-state index in [0.717, 1.165) is 56.8 Å². The Morgan fingerprint density at radius 2 is 1.96 bits per heavy atom. The van der Waals surface area contributed by atoms with Gasteiger partial charge < -0.3 is 20.5 Å². The number of carbonyl (C=O) groups excluding carboxylic acids is 1. The molecule has 1 aromatic carbocycles. The Bertz CT molecular complexity index is 635. The van der Waals surface area contributed by atoms with Crippen molar-refractivity contribution in [2.24, 2.45) is 11.7 Å². The Balaban J connectivity index is 1.46. The second kappa shape index (κ2) is 8.73. The summed E-state index contributed by atoms with van der Waals surface area (Å²) in [5, 5.41) is 3.06. The number of benzene rings is 1. The minimum Gasteiger partial charge on any atom is -0.493 e. The van der Waals surface area contributed by atoms with Gasteiger partial charge in [-0.2, -0.15) is 0 Å². The normalized spacial score (nSPS) is 22.7. The zero-order chi connectivity index (χ0) is 18.5. The van der Waals surface area contributed by atoms with Gasteiger partial charge in [-0.1, -0.05) is 6.42 Å². The molecule has 0 unspecified atom stereocenters. The number of methoxy groups -OCH3 is 2. The van der Waals surface area contributed by atoms with Crippen molar-refractivity contribution in [1.82, 2.24) is 10.2 Å². The molecule has 144 valence electrons. The molecule has 1 aliphatic heterocycles. The molecular weight excluding hydrogens is 330 g/mol. The van der Waals surface area contributed by atoms with E-state index >= 15 is 0 Å². The summed E-state index contributed by atoms with van der Waals surface area (Å²) in [5.74, 6) is 2.06. The standard InChI is InChI=1S/C20H31N3O3/c1-25-18-10-14-6-8-23(13-16(14)11-19(18)26-2)9-7-22-20(24)12-15-4-3-5-17(15)21/h10-11,15,17H,3-9,12-13,21H2,1-2H3,(H,22,24)/t15-,17+/m0/s1. The van der Waals surface area contributed by atoms with E-state index in [1.807, 2.05) is 0 Å². The summed E-state index contributed by atoms with van der Waals surface area (Å²) in [6, 6.07) is 4.35. The molecule has 3 rings (SSSR count). The molecule has 1 amide bonds. The minimum absolute atomic E-state index is 0.135. The number of nitrogens with two attached hydrogens (primary N) is 1. The first-order valence-electron chi connectivity index (χ1n) is 9.59. The van der Waals surface area contributed by atoms with Crippen LogP contribution in [-0.2, 0) is 17.8 Å². The number of amides is 1. The monoisotopic (exact) mass is 361 g/mol. The van der Waals surface area contributed by atoms with E-state index in [1.54, 1.807) is 14.2 Å². The van der Waals surface area contributed by atoms with Gasteiger partial charge in [0.1, 0.15) is 0 Å². The number of ether oxygens (including phenoxy) is 2. The predicted molar refractivity (Wildman–Crippen MR) is 101 cm³/mol. The second-order valence-corrected chi connectivity index (χ2v) is 7.41. The Labute approximate surface area is 156 Å².